The second-order valence-corrected chi connectivity index (χ2v) is 7.48. The van der Waals surface area contributed by atoms with E-state index in [4.69, 9.17) is 14.2 Å². The van der Waals surface area contributed by atoms with Gasteiger partial charge in [-0.3, -0.25) is 0 Å². The third-order valence-electron chi connectivity index (χ3n) is 4.04. The summed E-state index contributed by atoms with van der Waals surface area (Å²) in [5, 5.41) is 0. The van der Waals surface area contributed by atoms with Crippen molar-refractivity contribution in [2.24, 2.45) is 0 Å². The Kier molecular flexibility index (Phi) is 3.82. The number of ether oxygens (including phenoxy) is 3. The highest BCUT2D eigenvalue weighted by Crippen LogP contribution is 2.32. The lowest BCUT2D eigenvalue weighted by atomic mass is 10.1. The lowest BCUT2D eigenvalue weighted by Gasteiger charge is -2.19. The monoisotopic (exact) mass is 347 g/mol. The molecule has 0 aliphatic carbocycles. The summed E-state index contributed by atoms with van der Waals surface area (Å²) in [7, 11) is -3.63. The molecule has 2 aromatic carbocycles. The Hall–Kier alpha value is -2.25. The molecule has 0 spiro atoms. The standard InChI is InChI=1S/C17H17NO5S/c19-24(20,14-5-6-16-17(10-14)22-8-7-21-16)18-11-13-9-12-3-1-2-4-15(12)23-13/h1-6,10,13,18H,7-9,11H2/t13-/m1/s1. The summed E-state index contributed by atoms with van der Waals surface area (Å²) in [6.07, 6.45) is 0.495. The van der Waals surface area contributed by atoms with Gasteiger partial charge in [0.15, 0.2) is 11.5 Å². The van der Waals surface area contributed by atoms with Crippen LogP contribution in [0, 0.1) is 0 Å². The van der Waals surface area contributed by atoms with Crippen LogP contribution in [0.25, 0.3) is 0 Å². The summed E-state index contributed by atoms with van der Waals surface area (Å²) in [4.78, 5) is 0.155. The van der Waals surface area contributed by atoms with E-state index in [1.165, 1.54) is 12.1 Å². The fourth-order valence-corrected chi connectivity index (χ4v) is 3.93. The molecule has 0 fully saturated rings. The van der Waals surface area contributed by atoms with Gasteiger partial charge in [-0.2, -0.15) is 0 Å². The largest absolute Gasteiger partial charge is 0.488 e. The van der Waals surface area contributed by atoms with E-state index in [0.717, 1.165) is 11.3 Å². The van der Waals surface area contributed by atoms with Gasteiger partial charge in [-0.05, 0) is 23.8 Å². The summed E-state index contributed by atoms with van der Waals surface area (Å²) in [6, 6.07) is 12.4. The van der Waals surface area contributed by atoms with Crippen molar-refractivity contribution in [1.29, 1.82) is 0 Å². The van der Waals surface area contributed by atoms with Crippen LogP contribution in [-0.2, 0) is 16.4 Å². The molecule has 0 radical (unpaired) electrons. The van der Waals surface area contributed by atoms with Crippen molar-refractivity contribution in [3.05, 3.63) is 48.0 Å². The Balaban J connectivity index is 1.45. The fraction of sp³-hybridized carbons (Fsp3) is 0.294. The highest BCUT2D eigenvalue weighted by atomic mass is 32.2. The number of fused-ring (bicyclic) bond motifs is 2. The molecule has 0 saturated carbocycles. The van der Waals surface area contributed by atoms with Crippen LogP contribution in [0.5, 0.6) is 17.2 Å². The zero-order valence-corrected chi connectivity index (χ0v) is 13.7. The van der Waals surface area contributed by atoms with E-state index < -0.39 is 10.0 Å². The average Bonchev–Trinajstić information content (AvgIpc) is 3.03. The van der Waals surface area contributed by atoms with Gasteiger partial charge in [0.1, 0.15) is 25.1 Å². The minimum absolute atomic E-state index is 0.155. The van der Waals surface area contributed by atoms with E-state index in [0.29, 0.717) is 31.1 Å². The van der Waals surface area contributed by atoms with E-state index in [1.54, 1.807) is 6.07 Å². The number of para-hydroxylation sites is 1. The van der Waals surface area contributed by atoms with Gasteiger partial charge < -0.3 is 14.2 Å². The van der Waals surface area contributed by atoms with Gasteiger partial charge in [0, 0.05) is 19.0 Å². The third-order valence-corrected chi connectivity index (χ3v) is 5.46. The minimum atomic E-state index is -3.63. The SMILES string of the molecule is O=S(=O)(NC[C@H]1Cc2ccccc2O1)c1ccc2c(c1)OCCO2. The highest BCUT2D eigenvalue weighted by molar-refractivity contribution is 7.89. The van der Waals surface area contributed by atoms with Crippen molar-refractivity contribution < 1.29 is 22.6 Å². The summed E-state index contributed by atoms with van der Waals surface area (Å²) in [5.74, 6) is 1.84. The maximum absolute atomic E-state index is 12.5. The molecule has 7 heteroatoms. The molecule has 0 aromatic heterocycles. The summed E-state index contributed by atoms with van der Waals surface area (Å²) < 4.78 is 44.2. The van der Waals surface area contributed by atoms with Crippen LogP contribution >= 0.6 is 0 Å². The first kappa shape index (κ1) is 15.3. The summed E-state index contributed by atoms with van der Waals surface area (Å²) in [5.41, 5.74) is 1.10. The van der Waals surface area contributed by atoms with E-state index in [-0.39, 0.29) is 17.5 Å². The zero-order chi connectivity index (χ0) is 16.6. The van der Waals surface area contributed by atoms with Gasteiger partial charge in [-0.15, -0.1) is 0 Å². The fourth-order valence-electron chi connectivity index (χ4n) is 2.84. The minimum Gasteiger partial charge on any atom is -0.488 e. The van der Waals surface area contributed by atoms with Gasteiger partial charge >= 0.3 is 0 Å². The molecule has 126 valence electrons. The molecule has 2 heterocycles. The lowest BCUT2D eigenvalue weighted by Crippen LogP contribution is -2.34. The molecule has 0 bridgehead atoms. The van der Waals surface area contributed by atoms with Crippen molar-refractivity contribution in [1.82, 2.24) is 4.72 Å². The van der Waals surface area contributed by atoms with Gasteiger partial charge in [0.25, 0.3) is 0 Å². The quantitative estimate of drug-likeness (QED) is 0.912. The molecule has 1 N–H and O–H groups in total. The van der Waals surface area contributed by atoms with E-state index >= 15 is 0 Å². The molecule has 0 unspecified atom stereocenters. The summed E-state index contributed by atoms with van der Waals surface area (Å²) >= 11 is 0. The second-order valence-electron chi connectivity index (χ2n) is 5.71. The molecule has 24 heavy (non-hydrogen) atoms. The number of hydrogen-bond donors (Lipinski definition) is 1. The van der Waals surface area contributed by atoms with E-state index in [1.807, 2.05) is 24.3 Å². The van der Waals surface area contributed by atoms with Gasteiger partial charge in [0.2, 0.25) is 10.0 Å². The van der Waals surface area contributed by atoms with Crippen LogP contribution in [0.2, 0.25) is 0 Å². The van der Waals surface area contributed by atoms with Crippen molar-refractivity contribution >= 4 is 10.0 Å². The van der Waals surface area contributed by atoms with Crippen molar-refractivity contribution in [2.75, 3.05) is 19.8 Å². The maximum Gasteiger partial charge on any atom is 0.240 e. The van der Waals surface area contributed by atoms with E-state index in [9.17, 15) is 8.42 Å². The highest BCUT2D eigenvalue weighted by Gasteiger charge is 2.25. The number of sulfonamides is 1. The smallest absolute Gasteiger partial charge is 0.240 e. The number of rotatable bonds is 4. The molecule has 2 aliphatic rings. The number of hydrogen-bond acceptors (Lipinski definition) is 5. The Morgan fingerprint density at radius 1 is 1.00 bits per heavy atom. The number of benzene rings is 2. The Morgan fingerprint density at radius 3 is 2.62 bits per heavy atom. The normalized spacial score (nSPS) is 18.8. The van der Waals surface area contributed by atoms with Crippen LogP contribution in [0.15, 0.2) is 47.4 Å². The van der Waals surface area contributed by atoms with E-state index in [2.05, 4.69) is 4.72 Å². The van der Waals surface area contributed by atoms with Crippen molar-refractivity contribution in [2.45, 2.75) is 17.4 Å². The molecular weight excluding hydrogens is 330 g/mol. The Morgan fingerprint density at radius 2 is 1.79 bits per heavy atom. The number of nitrogens with one attached hydrogen (secondary N) is 1. The van der Waals surface area contributed by atoms with Gasteiger partial charge in [0.05, 0.1) is 4.90 Å². The van der Waals surface area contributed by atoms with Gasteiger partial charge in [-0.1, -0.05) is 18.2 Å². The summed E-state index contributed by atoms with van der Waals surface area (Å²) in [6.45, 7) is 1.10. The Bertz CT molecular complexity index is 840. The Labute approximate surface area is 140 Å². The van der Waals surface area contributed by atoms with Crippen molar-refractivity contribution in [3.63, 3.8) is 0 Å². The predicted molar refractivity (Wildman–Crippen MR) is 87.2 cm³/mol. The molecule has 0 amide bonds. The maximum atomic E-state index is 12.5. The zero-order valence-electron chi connectivity index (χ0n) is 12.9. The first-order valence-corrected chi connectivity index (χ1v) is 9.24. The third kappa shape index (κ3) is 2.92. The lowest BCUT2D eigenvalue weighted by molar-refractivity contribution is 0.171. The van der Waals surface area contributed by atoms with Crippen LogP contribution < -0.4 is 18.9 Å². The average molecular weight is 347 g/mol. The van der Waals surface area contributed by atoms with Crippen LogP contribution in [-0.4, -0.2) is 34.3 Å². The molecule has 2 aliphatic heterocycles. The molecule has 4 rings (SSSR count). The van der Waals surface area contributed by atoms with Crippen LogP contribution in [0.4, 0.5) is 0 Å². The molecule has 0 saturated heterocycles. The predicted octanol–water partition coefficient (Wildman–Crippen LogP) is 1.74. The van der Waals surface area contributed by atoms with Gasteiger partial charge in [-0.25, -0.2) is 13.1 Å². The van der Waals surface area contributed by atoms with Crippen molar-refractivity contribution in [3.8, 4) is 17.2 Å². The molecule has 2 aromatic rings. The van der Waals surface area contributed by atoms with Crippen LogP contribution in [0.3, 0.4) is 0 Å². The molecule has 1 atom stereocenters. The first-order chi connectivity index (χ1) is 11.6. The topological polar surface area (TPSA) is 73.9 Å². The van der Waals surface area contributed by atoms with Crippen LogP contribution in [0.1, 0.15) is 5.56 Å². The molecule has 6 nitrogen and oxygen atoms in total. The first-order valence-electron chi connectivity index (χ1n) is 7.76. The second kappa shape index (κ2) is 5.99. The molecular formula is C17H17NO5S.